The van der Waals surface area contributed by atoms with Crippen LogP contribution in [0, 0.1) is 5.41 Å². The van der Waals surface area contributed by atoms with Gasteiger partial charge in [0.25, 0.3) is 5.91 Å². The normalized spacial score (nSPS) is 21.9. The van der Waals surface area contributed by atoms with Crippen LogP contribution in [-0.2, 0) is 23.9 Å². The number of allylic oxidation sites excluding steroid dienone is 1. The highest BCUT2D eigenvalue weighted by atomic mass is 16.5. The highest BCUT2D eigenvalue weighted by molar-refractivity contribution is 5.86. The summed E-state index contributed by atoms with van der Waals surface area (Å²) in [6, 6.07) is 0. The van der Waals surface area contributed by atoms with Crippen LogP contribution >= 0.6 is 0 Å². The van der Waals surface area contributed by atoms with E-state index in [1.165, 1.54) is 6.92 Å². The highest BCUT2D eigenvalue weighted by Gasteiger charge is 2.43. The third-order valence-corrected chi connectivity index (χ3v) is 2.31. The molecule has 0 bridgehead atoms. The summed E-state index contributed by atoms with van der Waals surface area (Å²) < 4.78 is 10.2. The van der Waals surface area contributed by atoms with Gasteiger partial charge in [0.1, 0.15) is 12.9 Å². The predicted molar refractivity (Wildman–Crippen MR) is 57.6 cm³/mol. The second kappa shape index (κ2) is 4.99. The molecule has 17 heavy (non-hydrogen) atoms. The third-order valence-electron chi connectivity index (χ3n) is 2.31. The number of ether oxygens (including phenoxy) is 2. The monoisotopic (exact) mass is 241 g/mol. The molecular weight excluding hydrogens is 226 g/mol. The first kappa shape index (κ1) is 13.2. The van der Waals surface area contributed by atoms with Crippen molar-refractivity contribution in [2.45, 2.75) is 26.9 Å². The molecule has 6 nitrogen and oxygen atoms in total. The van der Waals surface area contributed by atoms with E-state index in [0.717, 1.165) is 6.08 Å². The van der Waals surface area contributed by atoms with Gasteiger partial charge in [0.2, 0.25) is 0 Å². The van der Waals surface area contributed by atoms with Gasteiger partial charge in [-0.1, -0.05) is 13.8 Å². The second-order valence-corrected chi connectivity index (χ2v) is 4.42. The van der Waals surface area contributed by atoms with Crippen molar-refractivity contribution in [2.75, 3.05) is 6.61 Å². The Morgan fingerprint density at radius 2 is 2.24 bits per heavy atom. The third kappa shape index (κ3) is 3.30. The number of hydrogen-bond acceptors (Lipinski definition) is 5. The molecule has 0 spiro atoms. The van der Waals surface area contributed by atoms with E-state index in [-0.39, 0.29) is 18.4 Å². The summed E-state index contributed by atoms with van der Waals surface area (Å²) in [5.74, 6) is -0.652. The summed E-state index contributed by atoms with van der Waals surface area (Å²) in [4.78, 5) is 32.6. The fraction of sp³-hybridized carbons (Fsp3) is 0.545. The molecule has 0 saturated carbocycles. The zero-order valence-corrected chi connectivity index (χ0v) is 9.98. The molecule has 1 rings (SSSR count). The van der Waals surface area contributed by atoms with E-state index in [2.05, 4.69) is 5.32 Å². The van der Waals surface area contributed by atoms with E-state index >= 15 is 0 Å². The van der Waals surface area contributed by atoms with Gasteiger partial charge in [-0.05, 0) is 0 Å². The number of aldehydes is 1. The summed E-state index contributed by atoms with van der Waals surface area (Å²) in [5, 5.41) is 2.43. The fourth-order valence-electron chi connectivity index (χ4n) is 1.42. The van der Waals surface area contributed by atoms with E-state index in [1.54, 1.807) is 13.8 Å². The number of hydrogen-bond donors (Lipinski definition) is 1. The lowest BCUT2D eigenvalue weighted by Gasteiger charge is -2.27. The number of nitrogens with one attached hydrogen (secondary N) is 1. The smallest absolute Gasteiger partial charge is 0.302 e. The standard InChI is InChI=1S/C11H15NO5/c1-7(14)16-6-11(2,3)9-10(15)12-8(17-9)4-5-13/h4-5,9H,6H2,1-3H3,(H,12,15)/b8-4+. The van der Waals surface area contributed by atoms with Gasteiger partial charge in [-0.2, -0.15) is 0 Å². The Hall–Kier alpha value is -1.85. The molecule has 1 unspecified atom stereocenters. The maximum absolute atomic E-state index is 11.6. The minimum atomic E-state index is -0.784. The lowest BCUT2D eigenvalue weighted by molar-refractivity contribution is -0.148. The first-order valence-corrected chi connectivity index (χ1v) is 5.13. The molecule has 1 saturated heterocycles. The van der Waals surface area contributed by atoms with Gasteiger partial charge in [-0.15, -0.1) is 0 Å². The first-order valence-electron chi connectivity index (χ1n) is 5.13. The molecule has 0 aliphatic carbocycles. The average Bonchev–Trinajstić information content (AvgIpc) is 2.58. The maximum atomic E-state index is 11.6. The number of amides is 1. The van der Waals surface area contributed by atoms with Crippen LogP contribution in [0.3, 0.4) is 0 Å². The highest BCUT2D eigenvalue weighted by Crippen LogP contribution is 2.29. The molecule has 0 radical (unpaired) electrons. The van der Waals surface area contributed by atoms with Crippen molar-refractivity contribution in [2.24, 2.45) is 5.41 Å². The van der Waals surface area contributed by atoms with E-state index in [1.807, 2.05) is 0 Å². The van der Waals surface area contributed by atoms with Crippen LogP contribution in [-0.4, -0.2) is 30.9 Å². The number of carbonyl (C=O) groups excluding carboxylic acids is 3. The molecular formula is C11H15NO5. The van der Waals surface area contributed by atoms with Crippen LogP contribution in [0.15, 0.2) is 12.0 Å². The van der Waals surface area contributed by atoms with Crippen LogP contribution < -0.4 is 5.32 Å². The summed E-state index contributed by atoms with van der Waals surface area (Å²) >= 11 is 0. The topological polar surface area (TPSA) is 81.7 Å². The minimum absolute atomic E-state index is 0.0643. The molecule has 94 valence electrons. The molecule has 0 aromatic heterocycles. The van der Waals surface area contributed by atoms with Gasteiger partial charge >= 0.3 is 5.97 Å². The summed E-state index contributed by atoms with van der Waals surface area (Å²) in [6.07, 6.45) is 0.865. The summed E-state index contributed by atoms with van der Waals surface area (Å²) in [7, 11) is 0. The molecule has 1 amide bonds. The maximum Gasteiger partial charge on any atom is 0.302 e. The Morgan fingerprint density at radius 1 is 1.59 bits per heavy atom. The van der Waals surface area contributed by atoms with E-state index in [0.29, 0.717) is 6.29 Å². The number of rotatable bonds is 4. The Morgan fingerprint density at radius 3 is 2.76 bits per heavy atom. The average molecular weight is 241 g/mol. The number of esters is 1. The van der Waals surface area contributed by atoms with Gasteiger partial charge in [0.15, 0.2) is 12.0 Å². The second-order valence-electron chi connectivity index (χ2n) is 4.42. The van der Waals surface area contributed by atoms with Crippen molar-refractivity contribution in [3.63, 3.8) is 0 Å². The van der Waals surface area contributed by atoms with Crippen molar-refractivity contribution < 1.29 is 23.9 Å². The molecule has 6 heteroatoms. The Bertz CT molecular complexity index is 372. The van der Waals surface area contributed by atoms with Gasteiger partial charge in [-0.25, -0.2) is 0 Å². The van der Waals surface area contributed by atoms with Gasteiger partial charge in [0, 0.05) is 18.4 Å². The molecule has 1 aliphatic rings. The zero-order valence-electron chi connectivity index (χ0n) is 9.98. The zero-order chi connectivity index (χ0) is 13.1. The van der Waals surface area contributed by atoms with Crippen molar-refractivity contribution in [1.82, 2.24) is 5.32 Å². The van der Waals surface area contributed by atoms with Gasteiger partial charge in [-0.3, -0.25) is 19.7 Å². The summed E-state index contributed by atoms with van der Waals surface area (Å²) in [5.41, 5.74) is -0.672. The molecule has 0 aromatic carbocycles. The Kier molecular flexibility index (Phi) is 3.88. The van der Waals surface area contributed by atoms with Crippen molar-refractivity contribution >= 4 is 18.2 Å². The van der Waals surface area contributed by atoms with Crippen molar-refractivity contribution in [3.8, 4) is 0 Å². The molecule has 1 fully saturated rings. The minimum Gasteiger partial charge on any atom is -0.465 e. The molecule has 1 aliphatic heterocycles. The van der Waals surface area contributed by atoms with Crippen LogP contribution in [0.2, 0.25) is 0 Å². The van der Waals surface area contributed by atoms with Gasteiger partial charge in [0.05, 0.1) is 0 Å². The lowest BCUT2D eigenvalue weighted by atomic mass is 9.87. The van der Waals surface area contributed by atoms with Crippen LogP contribution in [0.25, 0.3) is 0 Å². The quantitative estimate of drug-likeness (QED) is 0.430. The lowest BCUT2D eigenvalue weighted by Crippen LogP contribution is -2.40. The van der Waals surface area contributed by atoms with Crippen LogP contribution in [0.1, 0.15) is 20.8 Å². The number of carbonyl (C=O) groups is 3. The first-order chi connectivity index (χ1) is 7.86. The van der Waals surface area contributed by atoms with Crippen molar-refractivity contribution in [1.29, 1.82) is 0 Å². The van der Waals surface area contributed by atoms with Crippen LogP contribution in [0.5, 0.6) is 0 Å². The fourth-order valence-corrected chi connectivity index (χ4v) is 1.42. The molecule has 1 N–H and O–H groups in total. The SMILES string of the molecule is CC(=O)OCC(C)(C)C1O/C(=C/C=O)NC1=O. The van der Waals surface area contributed by atoms with Gasteiger partial charge < -0.3 is 9.47 Å². The van der Waals surface area contributed by atoms with Crippen molar-refractivity contribution in [3.05, 3.63) is 12.0 Å². The van der Waals surface area contributed by atoms with E-state index < -0.39 is 17.5 Å². The predicted octanol–water partition coefficient (Wildman–Crippen LogP) is 0.131. The summed E-state index contributed by atoms with van der Waals surface area (Å²) in [6.45, 7) is 4.84. The Balaban J connectivity index is 2.71. The van der Waals surface area contributed by atoms with E-state index in [9.17, 15) is 14.4 Å². The molecule has 0 aromatic rings. The van der Waals surface area contributed by atoms with E-state index in [4.69, 9.17) is 9.47 Å². The van der Waals surface area contributed by atoms with Crippen LogP contribution in [0.4, 0.5) is 0 Å². The Labute approximate surface area is 99.0 Å². The molecule has 1 atom stereocenters. The largest absolute Gasteiger partial charge is 0.465 e. The molecule has 1 heterocycles.